The van der Waals surface area contributed by atoms with E-state index in [4.69, 9.17) is 4.74 Å². The number of anilines is 1. The SMILES string of the molecule is CC(C)(C)OC(=O)N[C@H]1C/C=C\CC(=O)Nc2cc(F)ccc2-c2ccnc1c2. The highest BCUT2D eigenvalue weighted by molar-refractivity contribution is 5.96. The summed E-state index contributed by atoms with van der Waals surface area (Å²) in [5.74, 6) is -0.690. The number of nitrogens with one attached hydrogen (secondary N) is 2. The maximum absolute atomic E-state index is 13.8. The molecule has 2 aromatic rings. The molecule has 0 fully saturated rings. The van der Waals surface area contributed by atoms with Crippen LogP contribution in [-0.4, -0.2) is 22.6 Å². The minimum atomic E-state index is -0.623. The van der Waals surface area contributed by atoms with Crippen molar-refractivity contribution in [3.8, 4) is 11.1 Å². The Kier molecular flexibility index (Phi) is 5.96. The molecule has 0 saturated heterocycles. The number of nitrogens with zero attached hydrogens (tertiary/aromatic N) is 1. The fourth-order valence-electron chi connectivity index (χ4n) is 3.01. The summed E-state index contributed by atoms with van der Waals surface area (Å²) in [7, 11) is 0. The second kappa shape index (κ2) is 8.43. The molecule has 29 heavy (non-hydrogen) atoms. The van der Waals surface area contributed by atoms with Crippen molar-refractivity contribution in [3.05, 3.63) is 60.2 Å². The fourth-order valence-corrected chi connectivity index (χ4v) is 3.01. The number of carbonyl (C=O) groups is 2. The standard InChI is InChI=1S/C22H24FN3O3/c1-22(2,3)29-21(28)26-17-6-4-5-7-20(27)25-18-13-15(23)8-9-16(18)14-10-11-24-19(17)12-14/h4-5,8-13,17H,6-7H2,1-3H3,(H,25,27)(H,26,28)/b5-4-/t17-/m0/s1. The van der Waals surface area contributed by atoms with Gasteiger partial charge >= 0.3 is 6.09 Å². The fraction of sp³-hybridized carbons (Fsp3) is 0.318. The first-order chi connectivity index (χ1) is 13.7. The van der Waals surface area contributed by atoms with Crippen LogP contribution in [0.1, 0.15) is 45.3 Å². The number of aromatic nitrogens is 1. The number of fused-ring (bicyclic) bond motifs is 4. The highest BCUT2D eigenvalue weighted by Crippen LogP contribution is 2.31. The van der Waals surface area contributed by atoms with E-state index in [9.17, 15) is 14.0 Å². The van der Waals surface area contributed by atoms with Crippen molar-refractivity contribution in [1.29, 1.82) is 0 Å². The Balaban J connectivity index is 2.00. The third-order valence-electron chi connectivity index (χ3n) is 4.24. The second-order valence-corrected chi connectivity index (χ2v) is 7.82. The number of ether oxygens (including phenoxy) is 1. The third kappa shape index (κ3) is 5.63. The van der Waals surface area contributed by atoms with Crippen LogP contribution in [0, 0.1) is 5.82 Å². The number of hydrogen-bond donors (Lipinski definition) is 2. The number of rotatable bonds is 1. The van der Waals surface area contributed by atoms with Crippen LogP contribution in [0.5, 0.6) is 0 Å². The van der Waals surface area contributed by atoms with Crippen molar-refractivity contribution in [1.82, 2.24) is 10.3 Å². The summed E-state index contributed by atoms with van der Waals surface area (Å²) >= 11 is 0. The Morgan fingerprint density at radius 2 is 2.03 bits per heavy atom. The van der Waals surface area contributed by atoms with E-state index < -0.39 is 23.6 Å². The van der Waals surface area contributed by atoms with Crippen LogP contribution in [0.15, 0.2) is 48.7 Å². The van der Waals surface area contributed by atoms with Gasteiger partial charge in [-0.15, -0.1) is 0 Å². The molecule has 2 bridgehead atoms. The van der Waals surface area contributed by atoms with Gasteiger partial charge < -0.3 is 15.4 Å². The Labute approximate surface area is 169 Å². The van der Waals surface area contributed by atoms with Gasteiger partial charge in [-0.05, 0) is 63.1 Å². The first-order valence-electron chi connectivity index (χ1n) is 9.41. The van der Waals surface area contributed by atoms with E-state index >= 15 is 0 Å². The van der Waals surface area contributed by atoms with E-state index in [2.05, 4.69) is 15.6 Å². The number of pyridine rings is 1. The molecule has 1 aromatic heterocycles. The van der Waals surface area contributed by atoms with Crippen LogP contribution in [0.25, 0.3) is 11.1 Å². The number of alkyl carbamates (subject to hydrolysis) is 1. The molecule has 1 aliphatic rings. The predicted molar refractivity (Wildman–Crippen MR) is 109 cm³/mol. The third-order valence-corrected chi connectivity index (χ3v) is 4.24. The van der Waals surface area contributed by atoms with Crippen LogP contribution in [0.3, 0.4) is 0 Å². The highest BCUT2D eigenvalue weighted by Gasteiger charge is 2.22. The first kappa shape index (κ1) is 20.5. The maximum atomic E-state index is 13.8. The van der Waals surface area contributed by atoms with E-state index in [-0.39, 0.29) is 12.3 Å². The van der Waals surface area contributed by atoms with Gasteiger partial charge in [-0.1, -0.05) is 12.2 Å². The Bertz CT molecular complexity index is 951. The van der Waals surface area contributed by atoms with Gasteiger partial charge in [0.2, 0.25) is 5.91 Å². The van der Waals surface area contributed by atoms with Gasteiger partial charge in [0, 0.05) is 18.2 Å². The smallest absolute Gasteiger partial charge is 0.408 e. The molecule has 0 radical (unpaired) electrons. The zero-order valence-electron chi connectivity index (χ0n) is 16.7. The molecular formula is C22H24FN3O3. The lowest BCUT2D eigenvalue weighted by atomic mass is 10.00. The molecule has 1 aromatic carbocycles. The average Bonchev–Trinajstić information content (AvgIpc) is 2.62. The predicted octanol–water partition coefficient (Wildman–Crippen LogP) is 4.74. The number of amides is 2. The van der Waals surface area contributed by atoms with Gasteiger partial charge in [0.15, 0.2) is 0 Å². The Hall–Kier alpha value is -3.22. The largest absolute Gasteiger partial charge is 0.444 e. The summed E-state index contributed by atoms with van der Waals surface area (Å²) in [4.78, 5) is 28.9. The van der Waals surface area contributed by atoms with Gasteiger partial charge in [-0.2, -0.15) is 0 Å². The number of hydrogen-bond acceptors (Lipinski definition) is 4. The molecule has 0 aliphatic carbocycles. The molecule has 2 heterocycles. The van der Waals surface area contributed by atoms with Gasteiger partial charge in [0.05, 0.1) is 17.4 Å². The molecule has 152 valence electrons. The Morgan fingerprint density at radius 1 is 1.24 bits per heavy atom. The molecule has 1 aliphatic heterocycles. The summed E-state index contributed by atoms with van der Waals surface area (Å²) < 4.78 is 19.1. The lowest BCUT2D eigenvalue weighted by molar-refractivity contribution is -0.115. The lowest BCUT2D eigenvalue weighted by Crippen LogP contribution is -2.35. The van der Waals surface area contributed by atoms with Crippen molar-refractivity contribution < 1.29 is 18.7 Å². The van der Waals surface area contributed by atoms with E-state index in [1.807, 2.05) is 12.1 Å². The van der Waals surface area contributed by atoms with Crippen molar-refractivity contribution in [2.24, 2.45) is 0 Å². The minimum absolute atomic E-state index is 0.135. The maximum Gasteiger partial charge on any atom is 0.408 e. The molecule has 2 amide bonds. The molecule has 1 atom stereocenters. The number of halogens is 1. The van der Waals surface area contributed by atoms with E-state index in [1.54, 1.807) is 45.2 Å². The van der Waals surface area contributed by atoms with Crippen molar-refractivity contribution in [3.63, 3.8) is 0 Å². The zero-order valence-corrected chi connectivity index (χ0v) is 16.7. The lowest BCUT2D eigenvalue weighted by Gasteiger charge is -2.23. The van der Waals surface area contributed by atoms with Crippen LogP contribution in [-0.2, 0) is 9.53 Å². The summed E-state index contributed by atoms with van der Waals surface area (Å²) in [6.45, 7) is 5.38. The minimum Gasteiger partial charge on any atom is -0.444 e. The molecular weight excluding hydrogens is 373 g/mol. The van der Waals surface area contributed by atoms with Crippen LogP contribution in [0.4, 0.5) is 14.9 Å². The molecule has 6 nitrogen and oxygen atoms in total. The number of benzene rings is 1. The van der Waals surface area contributed by atoms with E-state index in [1.165, 1.54) is 12.1 Å². The quantitative estimate of drug-likeness (QED) is 0.681. The summed E-state index contributed by atoms with van der Waals surface area (Å²) in [6, 6.07) is 7.40. The van der Waals surface area contributed by atoms with Crippen molar-refractivity contribution in [2.75, 3.05) is 5.32 Å². The summed E-state index contributed by atoms with van der Waals surface area (Å²) in [5, 5.41) is 5.60. The van der Waals surface area contributed by atoms with Crippen molar-refractivity contribution >= 4 is 17.7 Å². The van der Waals surface area contributed by atoms with Crippen molar-refractivity contribution in [2.45, 2.75) is 45.3 Å². The summed E-state index contributed by atoms with van der Waals surface area (Å²) in [6.07, 6.45) is 5.18. The molecule has 3 rings (SSSR count). The zero-order chi connectivity index (χ0) is 21.0. The first-order valence-corrected chi connectivity index (χ1v) is 9.41. The number of carbonyl (C=O) groups excluding carboxylic acids is 2. The molecule has 7 heteroatoms. The van der Waals surface area contributed by atoms with Gasteiger partial charge in [-0.3, -0.25) is 9.78 Å². The monoisotopic (exact) mass is 397 g/mol. The Morgan fingerprint density at radius 3 is 2.79 bits per heavy atom. The van der Waals surface area contributed by atoms with Gasteiger partial charge in [0.1, 0.15) is 11.4 Å². The topological polar surface area (TPSA) is 80.3 Å². The highest BCUT2D eigenvalue weighted by atomic mass is 19.1. The van der Waals surface area contributed by atoms with E-state index in [0.29, 0.717) is 23.4 Å². The summed E-state index contributed by atoms with van der Waals surface area (Å²) in [5.41, 5.74) is 1.83. The van der Waals surface area contributed by atoms with E-state index in [0.717, 1.165) is 5.56 Å². The molecule has 0 spiro atoms. The average molecular weight is 397 g/mol. The van der Waals surface area contributed by atoms with Crippen LogP contribution < -0.4 is 10.6 Å². The molecule has 2 N–H and O–H groups in total. The molecule has 0 saturated carbocycles. The molecule has 0 unspecified atom stereocenters. The second-order valence-electron chi connectivity index (χ2n) is 7.82. The van der Waals surface area contributed by atoms with Crippen LogP contribution >= 0.6 is 0 Å². The normalized spacial score (nSPS) is 17.8. The van der Waals surface area contributed by atoms with Gasteiger partial charge in [0.25, 0.3) is 0 Å². The van der Waals surface area contributed by atoms with Gasteiger partial charge in [-0.25, -0.2) is 9.18 Å². The van der Waals surface area contributed by atoms with Crippen LogP contribution in [0.2, 0.25) is 0 Å².